The van der Waals surface area contributed by atoms with Crippen molar-refractivity contribution in [3.63, 3.8) is 0 Å². The van der Waals surface area contributed by atoms with Crippen LogP contribution >= 0.6 is 11.8 Å². The van der Waals surface area contributed by atoms with E-state index in [4.69, 9.17) is 5.73 Å². The van der Waals surface area contributed by atoms with Gasteiger partial charge in [0.05, 0.1) is 19.8 Å². The number of rotatable bonds is 6. The number of urea groups is 1. The molecule has 1 aromatic heterocycles. The van der Waals surface area contributed by atoms with Gasteiger partial charge in [-0.3, -0.25) is 14.7 Å². The van der Waals surface area contributed by atoms with Crippen molar-refractivity contribution in [3.8, 4) is 5.69 Å². The summed E-state index contributed by atoms with van der Waals surface area (Å²) in [4.78, 5) is 23.5. The molecular weight excluding hydrogens is 347 g/mol. The first-order valence-electron chi connectivity index (χ1n) is 7.53. The van der Waals surface area contributed by atoms with Crippen LogP contribution in [0, 0.1) is 5.82 Å². The average Bonchev–Trinajstić information content (AvgIpc) is 2.96. The summed E-state index contributed by atoms with van der Waals surface area (Å²) in [7, 11) is 3.98. The van der Waals surface area contributed by atoms with Crippen molar-refractivity contribution < 1.29 is 18.9 Å². The predicted molar refractivity (Wildman–Crippen MR) is 91.0 cm³/mol. The Morgan fingerprint density at radius 1 is 1.32 bits per heavy atom. The van der Waals surface area contributed by atoms with E-state index < -0.39 is 11.9 Å². The van der Waals surface area contributed by atoms with E-state index in [0.717, 1.165) is 16.7 Å². The Bertz CT molecular complexity index is 762. The number of halogens is 1. The lowest BCUT2D eigenvalue weighted by Gasteiger charge is -2.18. The molecule has 0 aliphatic heterocycles. The molecule has 0 bridgehead atoms. The quantitative estimate of drug-likeness (QED) is 0.618. The lowest BCUT2D eigenvalue weighted by Crippen LogP contribution is -3.05. The largest absolute Gasteiger partial charge is 0.351 e. The second-order valence-corrected chi connectivity index (χ2v) is 6.60. The number of aromatic nitrogens is 3. The van der Waals surface area contributed by atoms with Gasteiger partial charge >= 0.3 is 6.03 Å². The van der Waals surface area contributed by atoms with Crippen molar-refractivity contribution in [1.29, 1.82) is 0 Å². The number of nitrogens with zero attached hydrogens (tertiary/aromatic N) is 3. The van der Waals surface area contributed by atoms with Crippen LogP contribution in [0.3, 0.4) is 0 Å². The fraction of sp³-hybridized carbons (Fsp3) is 0.333. The van der Waals surface area contributed by atoms with Crippen LogP contribution in [-0.4, -0.2) is 46.6 Å². The van der Waals surface area contributed by atoms with Gasteiger partial charge in [0.2, 0.25) is 5.91 Å². The van der Waals surface area contributed by atoms with Gasteiger partial charge in [0.25, 0.3) is 0 Å². The monoisotopic (exact) mass is 367 g/mol. The van der Waals surface area contributed by atoms with E-state index >= 15 is 0 Å². The van der Waals surface area contributed by atoms with Gasteiger partial charge in [-0.15, -0.1) is 10.2 Å². The van der Waals surface area contributed by atoms with E-state index in [9.17, 15) is 14.0 Å². The number of thioether (sulfide) groups is 1. The SMILES string of the molecule is C[C@H](c1nnc(SCC(=O)NC(N)=O)n1-c1ccc(F)cc1)[NH+](C)C. The third kappa shape index (κ3) is 4.77. The Kier molecular flexibility index (Phi) is 6.10. The van der Waals surface area contributed by atoms with Gasteiger partial charge in [-0.25, -0.2) is 9.18 Å². The standard InChI is InChI=1S/C15H19FN6O2S/c1-9(21(2)3)13-19-20-15(25-8-12(23)18-14(17)24)22(13)11-6-4-10(16)5-7-11/h4-7,9H,8H2,1-3H3,(H3,17,18,23,24)/p+1/t9-/m1/s1. The first-order valence-corrected chi connectivity index (χ1v) is 8.51. The predicted octanol–water partition coefficient (Wildman–Crippen LogP) is -0.101. The van der Waals surface area contributed by atoms with Crippen molar-refractivity contribution >= 4 is 23.7 Å². The van der Waals surface area contributed by atoms with Gasteiger partial charge in [-0.05, 0) is 31.2 Å². The Morgan fingerprint density at radius 3 is 2.52 bits per heavy atom. The fourth-order valence-corrected chi connectivity index (χ4v) is 2.81. The Hall–Kier alpha value is -2.46. The maximum atomic E-state index is 13.2. The molecule has 0 saturated heterocycles. The van der Waals surface area contributed by atoms with Gasteiger partial charge in [0.1, 0.15) is 11.9 Å². The third-order valence-corrected chi connectivity index (χ3v) is 4.52. The molecule has 0 aliphatic rings. The van der Waals surface area contributed by atoms with Gasteiger partial charge < -0.3 is 10.6 Å². The first kappa shape index (κ1) is 18.9. The molecule has 2 rings (SSSR count). The first-order chi connectivity index (χ1) is 11.8. The second-order valence-electron chi connectivity index (χ2n) is 5.65. The molecule has 3 amide bonds. The number of primary amides is 1. The topological polar surface area (TPSA) is 107 Å². The molecule has 8 nitrogen and oxygen atoms in total. The van der Waals surface area contributed by atoms with Crippen LogP contribution in [0.4, 0.5) is 9.18 Å². The number of carbonyl (C=O) groups excluding carboxylic acids is 2. The van der Waals surface area contributed by atoms with E-state index in [-0.39, 0.29) is 17.6 Å². The lowest BCUT2D eigenvalue weighted by molar-refractivity contribution is -0.890. The van der Waals surface area contributed by atoms with Crippen molar-refractivity contribution in [3.05, 3.63) is 35.9 Å². The lowest BCUT2D eigenvalue weighted by atomic mass is 10.2. The summed E-state index contributed by atoms with van der Waals surface area (Å²) in [6.45, 7) is 1.99. The highest BCUT2D eigenvalue weighted by molar-refractivity contribution is 7.99. The van der Waals surface area contributed by atoms with E-state index in [1.54, 1.807) is 16.7 Å². The molecular formula is C15H20FN6O2S+. The van der Waals surface area contributed by atoms with Crippen molar-refractivity contribution in [2.24, 2.45) is 5.73 Å². The second kappa shape index (κ2) is 8.08. The third-order valence-electron chi connectivity index (χ3n) is 3.59. The number of nitrogens with two attached hydrogens (primary N) is 1. The molecule has 0 radical (unpaired) electrons. The summed E-state index contributed by atoms with van der Waals surface area (Å²) in [5.41, 5.74) is 5.61. The molecule has 134 valence electrons. The number of amides is 3. The molecule has 25 heavy (non-hydrogen) atoms. The molecule has 4 N–H and O–H groups in total. The zero-order chi connectivity index (χ0) is 18.6. The fourth-order valence-electron chi connectivity index (χ4n) is 2.05. The van der Waals surface area contributed by atoms with Crippen LogP contribution in [0.1, 0.15) is 18.8 Å². The molecule has 0 aliphatic carbocycles. The van der Waals surface area contributed by atoms with Crippen molar-refractivity contribution in [2.45, 2.75) is 18.1 Å². The number of benzene rings is 1. The zero-order valence-corrected chi connectivity index (χ0v) is 14.9. The molecule has 0 saturated carbocycles. The molecule has 0 unspecified atom stereocenters. The summed E-state index contributed by atoms with van der Waals surface area (Å²) in [6.07, 6.45) is 0. The van der Waals surface area contributed by atoms with E-state index in [1.165, 1.54) is 12.1 Å². The van der Waals surface area contributed by atoms with E-state index in [2.05, 4.69) is 10.2 Å². The van der Waals surface area contributed by atoms with Crippen LogP contribution in [0.15, 0.2) is 29.4 Å². The summed E-state index contributed by atoms with van der Waals surface area (Å²) in [6, 6.07) is 5.05. The maximum Gasteiger partial charge on any atom is 0.318 e. The number of quaternary nitrogens is 1. The summed E-state index contributed by atoms with van der Waals surface area (Å²) in [5.74, 6) is -0.242. The Morgan fingerprint density at radius 2 is 1.96 bits per heavy atom. The van der Waals surface area contributed by atoms with E-state index in [0.29, 0.717) is 16.7 Å². The minimum atomic E-state index is -0.906. The number of hydrogen-bond acceptors (Lipinski definition) is 5. The van der Waals surface area contributed by atoms with Crippen LogP contribution < -0.4 is 16.0 Å². The Labute approximate surface area is 148 Å². The number of imide groups is 1. The highest BCUT2D eigenvalue weighted by Gasteiger charge is 2.24. The minimum Gasteiger partial charge on any atom is -0.351 e. The Balaban J connectivity index is 2.34. The summed E-state index contributed by atoms with van der Waals surface area (Å²) >= 11 is 1.11. The van der Waals surface area contributed by atoms with E-state index in [1.807, 2.05) is 26.3 Å². The summed E-state index contributed by atoms with van der Waals surface area (Å²) in [5, 5.41) is 10.8. The average molecular weight is 367 g/mol. The molecule has 2 aromatic rings. The highest BCUT2D eigenvalue weighted by atomic mass is 32.2. The highest BCUT2D eigenvalue weighted by Crippen LogP contribution is 2.24. The molecule has 1 aromatic carbocycles. The van der Waals surface area contributed by atoms with Crippen LogP contribution in [0.25, 0.3) is 5.69 Å². The molecule has 0 fully saturated rings. The number of hydrogen-bond donors (Lipinski definition) is 3. The summed E-state index contributed by atoms with van der Waals surface area (Å²) < 4.78 is 15.0. The number of nitrogens with one attached hydrogen (secondary N) is 2. The minimum absolute atomic E-state index is 0.0198. The van der Waals surface area contributed by atoms with Gasteiger partial charge in [0.15, 0.2) is 11.0 Å². The normalized spacial score (nSPS) is 12.2. The zero-order valence-electron chi connectivity index (χ0n) is 14.1. The maximum absolute atomic E-state index is 13.2. The van der Waals surface area contributed by atoms with Crippen molar-refractivity contribution in [2.75, 3.05) is 19.8 Å². The number of carbonyl (C=O) groups is 2. The molecule has 10 heteroatoms. The van der Waals surface area contributed by atoms with Gasteiger partial charge in [-0.2, -0.15) is 0 Å². The van der Waals surface area contributed by atoms with Gasteiger partial charge in [-0.1, -0.05) is 11.8 Å². The smallest absolute Gasteiger partial charge is 0.318 e. The molecule has 1 heterocycles. The van der Waals surface area contributed by atoms with Crippen LogP contribution in [0.5, 0.6) is 0 Å². The van der Waals surface area contributed by atoms with Crippen LogP contribution in [-0.2, 0) is 4.79 Å². The molecule has 0 spiro atoms. The molecule has 1 atom stereocenters. The van der Waals surface area contributed by atoms with Crippen molar-refractivity contribution in [1.82, 2.24) is 20.1 Å². The van der Waals surface area contributed by atoms with Gasteiger partial charge in [0, 0.05) is 5.69 Å². The van der Waals surface area contributed by atoms with Crippen LogP contribution in [0.2, 0.25) is 0 Å².